The van der Waals surface area contributed by atoms with E-state index < -0.39 is 0 Å². The fourth-order valence-corrected chi connectivity index (χ4v) is 1.19. The first-order valence-corrected chi connectivity index (χ1v) is 4.46. The third-order valence-electron chi connectivity index (χ3n) is 1.10. The quantitative estimate of drug-likeness (QED) is 0.810. The zero-order valence-electron chi connectivity index (χ0n) is 6.21. The van der Waals surface area contributed by atoms with Crippen LogP contribution in [-0.2, 0) is 0 Å². The fraction of sp³-hybridized carbons (Fsp3) is 0.143. The Morgan fingerprint density at radius 2 is 2.58 bits per heavy atom. The monoisotopic (exact) mass is 202 g/mol. The van der Waals surface area contributed by atoms with Gasteiger partial charge in [0.1, 0.15) is 4.88 Å². The van der Waals surface area contributed by atoms with Crippen molar-refractivity contribution in [3.8, 4) is 0 Å². The third-order valence-corrected chi connectivity index (χ3v) is 2.00. The molecule has 0 aliphatic rings. The number of halogens is 1. The van der Waals surface area contributed by atoms with Crippen LogP contribution in [0.3, 0.4) is 0 Å². The molecule has 0 unspecified atom stereocenters. The number of nitrogens with zero attached hydrogens (tertiary/aromatic N) is 1. The Bertz CT molecular complexity index is 284. The van der Waals surface area contributed by atoms with Crippen LogP contribution in [-0.4, -0.2) is 17.4 Å². The number of carbonyl (C=O) groups excluding carboxylic acids is 1. The number of rotatable bonds is 3. The fourth-order valence-electron chi connectivity index (χ4n) is 0.591. The molecule has 5 heteroatoms. The molecule has 0 bridgehead atoms. The molecule has 1 rings (SSSR count). The van der Waals surface area contributed by atoms with Gasteiger partial charge in [-0.25, -0.2) is 0 Å². The Hall–Kier alpha value is -0.870. The van der Waals surface area contributed by atoms with Gasteiger partial charge >= 0.3 is 0 Å². The first-order chi connectivity index (χ1) is 5.70. The van der Waals surface area contributed by atoms with Crippen LogP contribution in [0.15, 0.2) is 23.3 Å². The van der Waals surface area contributed by atoms with Crippen LogP contribution >= 0.6 is 22.9 Å². The largest absolute Gasteiger partial charge is 0.346 e. The highest BCUT2D eigenvalue weighted by Gasteiger charge is 2.05. The van der Waals surface area contributed by atoms with Crippen LogP contribution in [0.2, 0.25) is 0 Å². The maximum absolute atomic E-state index is 11.2. The van der Waals surface area contributed by atoms with E-state index in [1.54, 1.807) is 5.51 Å². The first kappa shape index (κ1) is 9.22. The summed E-state index contributed by atoms with van der Waals surface area (Å²) in [6.45, 7) is 3.74. The predicted molar refractivity (Wildman–Crippen MR) is 49.4 cm³/mol. The van der Waals surface area contributed by atoms with Crippen LogP contribution < -0.4 is 5.32 Å². The van der Waals surface area contributed by atoms with Crippen molar-refractivity contribution in [2.75, 3.05) is 6.54 Å². The van der Waals surface area contributed by atoms with Crippen LogP contribution in [0.25, 0.3) is 0 Å². The molecular weight excluding hydrogens is 196 g/mol. The molecule has 1 heterocycles. The lowest BCUT2D eigenvalue weighted by atomic mass is 10.5. The molecule has 0 aliphatic heterocycles. The summed E-state index contributed by atoms with van der Waals surface area (Å²) in [5.41, 5.74) is 1.60. The topological polar surface area (TPSA) is 42.0 Å². The van der Waals surface area contributed by atoms with E-state index in [-0.39, 0.29) is 12.5 Å². The van der Waals surface area contributed by atoms with Gasteiger partial charge in [0, 0.05) is 5.03 Å². The zero-order valence-corrected chi connectivity index (χ0v) is 7.78. The molecule has 0 spiro atoms. The summed E-state index contributed by atoms with van der Waals surface area (Å²) in [6.07, 6.45) is 1.51. The summed E-state index contributed by atoms with van der Waals surface area (Å²) in [6, 6.07) is 0. The number of carbonyl (C=O) groups is 1. The van der Waals surface area contributed by atoms with Crippen molar-refractivity contribution >= 4 is 28.8 Å². The van der Waals surface area contributed by atoms with E-state index in [2.05, 4.69) is 16.9 Å². The summed E-state index contributed by atoms with van der Waals surface area (Å²) in [5, 5.41) is 2.99. The molecular formula is C7H7ClN2OS. The molecule has 0 atom stereocenters. The number of thiazole rings is 1. The molecule has 0 fully saturated rings. The SMILES string of the molecule is C=C(Cl)CNC(=O)c1cncs1. The lowest BCUT2D eigenvalue weighted by Crippen LogP contribution is -2.23. The van der Waals surface area contributed by atoms with Gasteiger partial charge < -0.3 is 5.32 Å². The summed E-state index contributed by atoms with van der Waals surface area (Å²) >= 11 is 6.75. The second-order valence-corrected chi connectivity index (χ2v) is 3.49. The molecule has 1 N–H and O–H groups in total. The molecule has 0 saturated carbocycles. The van der Waals surface area contributed by atoms with E-state index in [1.807, 2.05) is 0 Å². The Morgan fingerprint density at radius 3 is 3.08 bits per heavy atom. The van der Waals surface area contributed by atoms with Gasteiger partial charge in [-0.3, -0.25) is 9.78 Å². The smallest absolute Gasteiger partial charge is 0.263 e. The van der Waals surface area contributed by atoms with E-state index in [4.69, 9.17) is 11.6 Å². The van der Waals surface area contributed by atoms with E-state index in [1.165, 1.54) is 17.5 Å². The van der Waals surface area contributed by atoms with Gasteiger partial charge in [-0.1, -0.05) is 18.2 Å². The van der Waals surface area contributed by atoms with Crippen LogP contribution in [0.5, 0.6) is 0 Å². The van der Waals surface area contributed by atoms with E-state index in [9.17, 15) is 4.79 Å². The molecule has 0 saturated heterocycles. The molecule has 0 aliphatic carbocycles. The number of nitrogens with one attached hydrogen (secondary N) is 1. The molecule has 1 amide bonds. The Morgan fingerprint density at radius 1 is 1.83 bits per heavy atom. The lowest BCUT2D eigenvalue weighted by Gasteiger charge is -1.99. The average Bonchev–Trinajstić information content (AvgIpc) is 2.51. The minimum atomic E-state index is -0.167. The average molecular weight is 203 g/mol. The van der Waals surface area contributed by atoms with E-state index in [0.717, 1.165) is 0 Å². The van der Waals surface area contributed by atoms with Gasteiger partial charge in [0.25, 0.3) is 5.91 Å². The molecule has 1 aromatic heterocycles. The minimum Gasteiger partial charge on any atom is -0.346 e. The Balaban J connectivity index is 2.45. The van der Waals surface area contributed by atoms with Gasteiger partial charge in [-0.2, -0.15) is 0 Å². The van der Waals surface area contributed by atoms with Gasteiger partial charge in [0.2, 0.25) is 0 Å². The van der Waals surface area contributed by atoms with Crippen LogP contribution in [0, 0.1) is 0 Å². The maximum atomic E-state index is 11.2. The van der Waals surface area contributed by atoms with Crippen molar-refractivity contribution in [1.82, 2.24) is 10.3 Å². The summed E-state index contributed by atoms with van der Waals surface area (Å²) in [4.78, 5) is 15.5. The second kappa shape index (κ2) is 4.23. The van der Waals surface area contributed by atoms with Crippen molar-refractivity contribution in [3.63, 3.8) is 0 Å². The molecule has 1 aromatic rings. The molecule has 0 aromatic carbocycles. The summed E-state index contributed by atoms with van der Waals surface area (Å²) < 4.78 is 0. The van der Waals surface area contributed by atoms with Crippen molar-refractivity contribution in [2.45, 2.75) is 0 Å². The second-order valence-electron chi connectivity index (χ2n) is 2.07. The summed E-state index contributed by atoms with van der Waals surface area (Å²) in [7, 11) is 0. The number of amides is 1. The third kappa shape index (κ3) is 2.64. The standard InChI is InChI=1S/C7H7ClN2OS/c1-5(8)2-10-7(11)6-3-9-4-12-6/h3-4H,1-2H2,(H,10,11). The molecule has 64 valence electrons. The van der Waals surface area contributed by atoms with Gasteiger partial charge in [0.15, 0.2) is 0 Å². The molecule has 0 radical (unpaired) electrons. The maximum Gasteiger partial charge on any atom is 0.263 e. The Labute approximate surface area is 79.1 Å². The van der Waals surface area contributed by atoms with Crippen LogP contribution in [0.4, 0.5) is 0 Å². The highest BCUT2D eigenvalue weighted by molar-refractivity contribution is 7.11. The number of hydrogen-bond donors (Lipinski definition) is 1. The zero-order chi connectivity index (χ0) is 8.97. The Kier molecular flexibility index (Phi) is 3.25. The van der Waals surface area contributed by atoms with E-state index in [0.29, 0.717) is 9.91 Å². The highest BCUT2D eigenvalue weighted by atomic mass is 35.5. The van der Waals surface area contributed by atoms with E-state index >= 15 is 0 Å². The summed E-state index contributed by atoms with van der Waals surface area (Å²) in [5.74, 6) is -0.167. The number of aromatic nitrogens is 1. The highest BCUT2D eigenvalue weighted by Crippen LogP contribution is 2.04. The number of hydrogen-bond acceptors (Lipinski definition) is 3. The van der Waals surface area contributed by atoms with Crippen molar-refractivity contribution in [3.05, 3.63) is 28.2 Å². The molecule has 3 nitrogen and oxygen atoms in total. The van der Waals surface area contributed by atoms with Gasteiger partial charge in [-0.05, 0) is 0 Å². The minimum absolute atomic E-state index is 0.167. The lowest BCUT2D eigenvalue weighted by molar-refractivity contribution is 0.0961. The van der Waals surface area contributed by atoms with Gasteiger partial charge in [-0.15, -0.1) is 11.3 Å². The van der Waals surface area contributed by atoms with Crippen molar-refractivity contribution in [2.24, 2.45) is 0 Å². The first-order valence-electron chi connectivity index (χ1n) is 3.20. The normalized spacial score (nSPS) is 9.42. The van der Waals surface area contributed by atoms with Crippen LogP contribution in [0.1, 0.15) is 9.67 Å². The van der Waals surface area contributed by atoms with Crippen molar-refractivity contribution in [1.29, 1.82) is 0 Å². The van der Waals surface area contributed by atoms with Crippen molar-refractivity contribution < 1.29 is 4.79 Å². The van der Waals surface area contributed by atoms with Gasteiger partial charge in [0.05, 0.1) is 18.3 Å². The molecule has 12 heavy (non-hydrogen) atoms. The predicted octanol–water partition coefficient (Wildman–Crippen LogP) is 1.63.